The molecular weight excluding hydrogens is 258 g/mol. The molecule has 1 aliphatic heterocycles. The number of hydrogen-bond donors (Lipinski definition) is 2. The summed E-state index contributed by atoms with van der Waals surface area (Å²) in [7, 11) is 0. The van der Waals surface area contributed by atoms with Crippen LogP contribution in [0, 0.1) is 12.8 Å². The second-order valence-corrected chi connectivity index (χ2v) is 5.06. The molecule has 0 bridgehead atoms. The first-order valence-corrected chi connectivity index (χ1v) is 6.45. The van der Waals surface area contributed by atoms with Gasteiger partial charge in [0, 0.05) is 13.0 Å². The number of carbonyl (C=O) groups is 1. The highest BCUT2D eigenvalue weighted by Crippen LogP contribution is 2.38. The number of phenols is 1. The first-order valence-electron chi connectivity index (χ1n) is 5.44. The summed E-state index contributed by atoms with van der Waals surface area (Å²) < 4.78 is 0. The van der Waals surface area contributed by atoms with Crippen LogP contribution in [0.4, 0.5) is 5.69 Å². The van der Waals surface area contributed by atoms with Gasteiger partial charge in [-0.2, -0.15) is 12.6 Å². The Hall–Kier alpha value is -0.870. The zero-order valence-electron chi connectivity index (χ0n) is 9.48. The van der Waals surface area contributed by atoms with Crippen LogP contribution in [0.25, 0.3) is 0 Å². The zero-order valence-corrected chi connectivity index (χ0v) is 11.1. The van der Waals surface area contributed by atoms with E-state index in [-0.39, 0.29) is 22.6 Å². The zero-order chi connectivity index (χ0) is 12.6. The summed E-state index contributed by atoms with van der Waals surface area (Å²) in [6.45, 7) is 2.39. The fraction of sp³-hybridized carbons (Fsp3) is 0.417. The molecule has 5 heteroatoms. The van der Waals surface area contributed by atoms with Crippen molar-refractivity contribution in [3.63, 3.8) is 0 Å². The monoisotopic (exact) mass is 271 g/mol. The van der Waals surface area contributed by atoms with Gasteiger partial charge in [0.05, 0.1) is 5.69 Å². The fourth-order valence-corrected chi connectivity index (χ4v) is 2.55. The van der Waals surface area contributed by atoms with Crippen LogP contribution in [0.3, 0.4) is 0 Å². The summed E-state index contributed by atoms with van der Waals surface area (Å²) in [5.41, 5.74) is 1.29. The Morgan fingerprint density at radius 2 is 2.29 bits per heavy atom. The van der Waals surface area contributed by atoms with Gasteiger partial charge in [-0.25, -0.2) is 0 Å². The number of aryl methyl sites for hydroxylation is 1. The van der Waals surface area contributed by atoms with Crippen LogP contribution < -0.4 is 4.90 Å². The van der Waals surface area contributed by atoms with Gasteiger partial charge in [-0.3, -0.25) is 4.79 Å². The number of phenolic OH excluding ortho intramolecular Hbond substituents is 1. The minimum absolute atomic E-state index is 0.0363. The topological polar surface area (TPSA) is 40.5 Å². The number of benzene rings is 1. The van der Waals surface area contributed by atoms with E-state index in [2.05, 4.69) is 12.6 Å². The van der Waals surface area contributed by atoms with Gasteiger partial charge in [-0.05, 0) is 30.2 Å². The summed E-state index contributed by atoms with van der Waals surface area (Å²) in [6, 6.07) is 3.54. The Labute approximate surface area is 111 Å². The number of anilines is 1. The van der Waals surface area contributed by atoms with Crippen molar-refractivity contribution >= 4 is 35.8 Å². The van der Waals surface area contributed by atoms with E-state index >= 15 is 0 Å². The van der Waals surface area contributed by atoms with Gasteiger partial charge in [0.1, 0.15) is 10.8 Å². The number of carbonyl (C=O) groups excluding carboxylic acids is 1. The van der Waals surface area contributed by atoms with Crippen molar-refractivity contribution in [1.82, 2.24) is 0 Å². The molecule has 1 atom stereocenters. The predicted octanol–water partition coefficient (Wildman–Crippen LogP) is 2.64. The quantitative estimate of drug-likeness (QED) is 0.812. The molecular formula is C12H14ClNO2S. The second kappa shape index (κ2) is 4.78. The average molecular weight is 272 g/mol. The molecule has 1 aliphatic rings. The maximum absolute atomic E-state index is 11.8. The van der Waals surface area contributed by atoms with Crippen LogP contribution in [0.15, 0.2) is 12.1 Å². The molecule has 17 heavy (non-hydrogen) atoms. The Morgan fingerprint density at radius 3 is 2.88 bits per heavy atom. The smallest absolute Gasteiger partial charge is 0.227 e. The van der Waals surface area contributed by atoms with E-state index in [4.69, 9.17) is 11.6 Å². The van der Waals surface area contributed by atoms with Crippen LogP contribution >= 0.6 is 24.2 Å². The summed E-state index contributed by atoms with van der Waals surface area (Å²) >= 11 is 10.3. The van der Waals surface area contributed by atoms with Crippen molar-refractivity contribution in [1.29, 1.82) is 0 Å². The van der Waals surface area contributed by atoms with Crippen LogP contribution in [0.2, 0.25) is 5.02 Å². The largest absolute Gasteiger partial charge is 0.506 e. The highest BCUT2D eigenvalue weighted by molar-refractivity contribution is 7.80. The maximum atomic E-state index is 11.8. The molecule has 1 N–H and O–H groups in total. The Balaban J connectivity index is 2.35. The van der Waals surface area contributed by atoms with Crippen LogP contribution in [-0.2, 0) is 4.79 Å². The van der Waals surface area contributed by atoms with Gasteiger partial charge in [-0.1, -0.05) is 17.7 Å². The van der Waals surface area contributed by atoms with E-state index in [9.17, 15) is 9.90 Å². The molecule has 1 aromatic carbocycles. The minimum Gasteiger partial charge on any atom is -0.506 e. The van der Waals surface area contributed by atoms with Crippen molar-refractivity contribution in [3.05, 3.63) is 22.7 Å². The lowest BCUT2D eigenvalue weighted by Gasteiger charge is -2.19. The number of hydrogen-bond acceptors (Lipinski definition) is 3. The van der Waals surface area contributed by atoms with Gasteiger partial charge < -0.3 is 10.0 Å². The van der Waals surface area contributed by atoms with Crippen molar-refractivity contribution in [2.75, 3.05) is 17.2 Å². The Kier molecular flexibility index (Phi) is 3.54. The molecule has 0 aliphatic carbocycles. The number of aromatic hydroxyl groups is 1. The normalized spacial score (nSPS) is 20.1. The van der Waals surface area contributed by atoms with Crippen LogP contribution in [0.1, 0.15) is 12.0 Å². The SMILES string of the molecule is Cc1ccc(N2CC(CS)CC2=O)c(Cl)c1O. The molecule has 0 spiro atoms. The van der Waals surface area contributed by atoms with Crippen molar-refractivity contribution in [2.45, 2.75) is 13.3 Å². The highest BCUT2D eigenvalue weighted by Gasteiger charge is 2.31. The molecule has 3 nitrogen and oxygen atoms in total. The number of thiol groups is 1. The van der Waals surface area contributed by atoms with Crippen LogP contribution in [0.5, 0.6) is 5.75 Å². The van der Waals surface area contributed by atoms with E-state index in [1.807, 2.05) is 0 Å². The third-order valence-corrected chi connectivity index (χ3v) is 3.94. The third-order valence-electron chi connectivity index (χ3n) is 3.05. The molecule has 92 valence electrons. The van der Waals surface area contributed by atoms with E-state index in [0.29, 0.717) is 30.0 Å². The number of halogens is 1. The predicted molar refractivity (Wildman–Crippen MR) is 72.2 cm³/mol. The first kappa shape index (κ1) is 12.6. The van der Waals surface area contributed by atoms with E-state index in [0.717, 1.165) is 0 Å². The molecule has 0 aromatic heterocycles. The summed E-state index contributed by atoms with van der Waals surface area (Å²) in [5.74, 6) is 1.02. The van der Waals surface area contributed by atoms with Gasteiger partial charge in [-0.15, -0.1) is 0 Å². The van der Waals surface area contributed by atoms with Gasteiger partial charge in [0.15, 0.2) is 0 Å². The number of amides is 1. The molecule has 1 aromatic rings. The molecule has 0 radical (unpaired) electrons. The Morgan fingerprint density at radius 1 is 1.59 bits per heavy atom. The molecule has 1 heterocycles. The molecule has 1 saturated heterocycles. The molecule has 0 saturated carbocycles. The molecule has 1 unspecified atom stereocenters. The van der Waals surface area contributed by atoms with E-state index < -0.39 is 0 Å². The van der Waals surface area contributed by atoms with Crippen molar-refractivity contribution in [2.24, 2.45) is 5.92 Å². The summed E-state index contributed by atoms with van der Waals surface area (Å²) in [6.07, 6.45) is 0.495. The Bertz CT molecular complexity index is 464. The van der Waals surface area contributed by atoms with Gasteiger partial charge in [0.25, 0.3) is 0 Å². The second-order valence-electron chi connectivity index (χ2n) is 4.32. The lowest BCUT2D eigenvalue weighted by Crippen LogP contribution is -2.25. The van der Waals surface area contributed by atoms with Gasteiger partial charge in [0.2, 0.25) is 5.91 Å². The maximum Gasteiger partial charge on any atom is 0.227 e. The minimum atomic E-state index is 0.0363. The summed E-state index contributed by atoms with van der Waals surface area (Å²) in [5, 5.41) is 10.0. The summed E-state index contributed by atoms with van der Waals surface area (Å²) in [4.78, 5) is 13.5. The van der Waals surface area contributed by atoms with Crippen LogP contribution in [-0.4, -0.2) is 23.3 Å². The van der Waals surface area contributed by atoms with Crippen molar-refractivity contribution < 1.29 is 9.90 Å². The highest BCUT2D eigenvalue weighted by atomic mass is 35.5. The van der Waals surface area contributed by atoms with E-state index in [1.54, 1.807) is 24.0 Å². The standard InChI is InChI=1S/C12H14ClNO2S/c1-7-2-3-9(11(13)12(7)16)14-5-8(6-17)4-10(14)15/h2-3,8,16-17H,4-6H2,1H3. The third kappa shape index (κ3) is 2.24. The first-order chi connectivity index (χ1) is 8.04. The molecule has 2 rings (SSSR count). The molecule has 1 fully saturated rings. The number of rotatable bonds is 2. The number of nitrogens with zero attached hydrogens (tertiary/aromatic N) is 1. The van der Waals surface area contributed by atoms with E-state index in [1.165, 1.54) is 0 Å². The lowest BCUT2D eigenvalue weighted by molar-refractivity contribution is -0.117. The van der Waals surface area contributed by atoms with Gasteiger partial charge >= 0.3 is 0 Å². The van der Waals surface area contributed by atoms with Crippen molar-refractivity contribution in [3.8, 4) is 5.75 Å². The molecule has 1 amide bonds. The lowest BCUT2D eigenvalue weighted by atomic mass is 10.1. The average Bonchev–Trinajstić information content (AvgIpc) is 2.68. The fourth-order valence-electron chi connectivity index (χ4n) is 2.00.